The quantitative estimate of drug-likeness (QED) is 0.580. The molecule has 0 aromatic carbocycles. The standard InChI is InChI=1S/C6H9BF6O2/c8-5(9,10)1-4(3-7(14)15)2-6(11,12)13/h4,14-15H,1-3H2. The van der Waals surface area contributed by atoms with Gasteiger partial charge in [0.05, 0.1) is 0 Å². The van der Waals surface area contributed by atoms with E-state index in [0.717, 1.165) is 0 Å². The zero-order chi connectivity index (χ0) is 12.3. The molecule has 0 aromatic heterocycles. The summed E-state index contributed by atoms with van der Waals surface area (Å²) in [5, 5.41) is 16.7. The van der Waals surface area contributed by atoms with Gasteiger partial charge in [-0.25, -0.2) is 0 Å². The fourth-order valence-electron chi connectivity index (χ4n) is 1.19. The van der Waals surface area contributed by atoms with E-state index < -0.39 is 44.6 Å². The van der Waals surface area contributed by atoms with Crippen molar-refractivity contribution in [2.24, 2.45) is 5.92 Å². The Morgan fingerprint density at radius 1 is 0.867 bits per heavy atom. The summed E-state index contributed by atoms with van der Waals surface area (Å²) in [6.07, 6.45) is -13.8. The number of hydrogen-bond acceptors (Lipinski definition) is 2. The zero-order valence-electron chi connectivity index (χ0n) is 7.44. The first-order chi connectivity index (χ1) is 6.49. The van der Waals surface area contributed by atoms with Crippen molar-refractivity contribution in [3.05, 3.63) is 0 Å². The highest BCUT2D eigenvalue weighted by molar-refractivity contribution is 6.41. The first-order valence-electron chi connectivity index (χ1n) is 3.99. The summed E-state index contributed by atoms with van der Waals surface area (Å²) in [6, 6.07) is 0. The van der Waals surface area contributed by atoms with Gasteiger partial charge in [-0.05, 0) is 12.2 Å². The smallest absolute Gasteiger partial charge is 0.427 e. The van der Waals surface area contributed by atoms with Gasteiger partial charge in [0.15, 0.2) is 0 Å². The Morgan fingerprint density at radius 2 is 1.20 bits per heavy atom. The van der Waals surface area contributed by atoms with Crippen molar-refractivity contribution in [2.75, 3.05) is 0 Å². The molecule has 0 radical (unpaired) electrons. The number of rotatable bonds is 4. The van der Waals surface area contributed by atoms with Crippen molar-refractivity contribution >= 4 is 7.12 Å². The fraction of sp³-hybridized carbons (Fsp3) is 1.00. The Kier molecular flexibility index (Phi) is 4.92. The van der Waals surface area contributed by atoms with E-state index in [4.69, 9.17) is 10.0 Å². The van der Waals surface area contributed by atoms with Crippen molar-refractivity contribution in [1.29, 1.82) is 0 Å². The van der Waals surface area contributed by atoms with Crippen LogP contribution in [0.1, 0.15) is 12.8 Å². The minimum atomic E-state index is -4.75. The molecule has 0 rings (SSSR count). The van der Waals surface area contributed by atoms with Gasteiger partial charge >= 0.3 is 19.5 Å². The zero-order valence-corrected chi connectivity index (χ0v) is 7.44. The monoisotopic (exact) mass is 238 g/mol. The van der Waals surface area contributed by atoms with E-state index in [9.17, 15) is 26.3 Å². The lowest BCUT2D eigenvalue weighted by Crippen LogP contribution is -2.26. The highest BCUT2D eigenvalue weighted by atomic mass is 19.4. The van der Waals surface area contributed by atoms with Crippen molar-refractivity contribution in [2.45, 2.75) is 31.5 Å². The van der Waals surface area contributed by atoms with Crippen LogP contribution in [0.3, 0.4) is 0 Å². The van der Waals surface area contributed by atoms with E-state index >= 15 is 0 Å². The van der Waals surface area contributed by atoms with Gasteiger partial charge in [0.25, 0.3) is 0 Å². The molecule has 0 spiro atoms. The lowest BCUT2D eigenvalue weighted by Gasteiger charge is -2.19. The number of alkyl halides is 6. The van der Waals surface area contributed by atoms with Gasteiger partial charge in [-0.3, -0.25) is 0 Å². The average Bonchev–Trinajstić information content (AvgIpc) is 1.73. The first-order valence-corrected chi connectivity index (χ1v) is 3.99. The Labute approximate surface area is 82.0 Å². The molecule has 0 heterocycles. The second kappa shape index (κ2) is 5.06. The SMILES string of the molecule is OB(O)CC(CC(F)(F)F)CC(F)(F)F. The topological polar surface area (TPSA) is 40.5 Å². The Hall–Kier alpha value is -0.435. The van der Waals surface area contributed by atoms with Gasteiger partial charge < -0.3 is 10.0 Å². The molecule has 2 nitrogen and oxygen atoms in total. The molecular formula is C6H9BF6O2. The third kappa shape index (κ3) is 9.86. The summed E-state index contributed by atoms with van der Waals surface area (Å²) in [5.41, 5.74) is 0. The van der Waals surface area contributed by atoms with Crippen LogP contribution in [0.15, 0.2) is 0 Å². The largest absolute Gasteiger partial charge is 0.451 e. The van der Waals surface area contributed by atoms with E-state index in [1.165, 1.54) is 0 Å². The lowest BCUT2D eigenvalue weighted by molar-refractivity contribution is -0.170. The fourth-order valence-corrected chi connectivity index (χ4v) is 1.19. The lowest BCUT2D eigenvalue weighted by atomic mass is 9.75. The van der Waals surface area contributed by atoms with Gasteiger partial charge in [0.1, 0.15) is 0 Å². The van der Waals surface area contributed by atoms with Crippen molar-refractivity contribution < 1.29 is 36.4 Å². The predicted octanol–water partition coefficient (Wildman–Crippen LogP) is 1.98. The van der Waals surface area contributed by atoms with Gasteiger partial charge in [-0.1, -0.05) is 0 Å². The van der Waals surface area contributed by atoms with Crippen molar-refractivity contribution in [3.8, 4) is 0 Å². The Bertz CT molecular complexity index is 173. The maximum atomic E-state index is 11.8. The highest BCUT2D eigenvalue weighted by Crippen LogP contribution is 2.34. The summed E-state index contributed by atoms with van der Waals surface area (Å²) in [7, 11) is -2.17. The maximum absolute atomic E-state index is 11.8. The van der Waals surface area contributed by atoms with Crippen LogP contribution >= 0.6 is 0 Å². The minimum Gasteiger partial charge on any atom is -0.427 e. The van der Waals surface area contributed by atoms with Gasteiger partial charge in [-0.15, -0.1) is 0 Å². The van der Waals surface area contributed by atoms with E-state index in [1.54, 1.807) is 0 Å². The second-order valence-corrected chi connectivity index (χ2v) is 3.22. The van der Waals surface area contributed by atoms with E-state index in [0.29, 0.717) is 0 Å². The molecule has 0 aliphatic carbocycles. The molecule has 15 heavy (non-hydrogen) atoms. The predicted molar refractivity (Wildman–Crippen MR) is 39.8 cm³/mol. The van der Waals surface area contributed by atoms with Crippen LogP contribution in [0, 0.1) is 5.92 Å². The molecule has 0 fully saturated rings. The molecule has 0 aromatic rings. The average molecular weight is 238 g/mol. The third-order valence-electron chi connectivity index (χ3n) is 1.58. The van der Waals surface area contributed by atoms with E-state index in [-0.39, 0.29) is 0 Å². The normalized spacial score (nSPS) is 13.4. The van der Waals surface area contributed by atoms with Crippen LogP contribution in [-0.2, 0) is 0 Å². The summed E-state index contributed by atoms with van der Waals surface area (Å²) in [4.78, 5) is 0. The third-order valence-corrected chi connectivity index (χ3v) is 1.58. The van der Waals surface area contributed by atoms with Crippen molar-refractivity contribution in [3.63, 3.8) is 0 Å². The van der Waals surface area contributed by atoms with Crippen LogP contribution in [0.2, 0.25) is 6.32 Å². The Balaban J connectivity index is 4.32. The van der Waals surface area contributed by atoms with Crippen LogP contribution < -0.4 is 0 Å². The molecular weight excluding hydrogens is 229 g/mol. The van der Waals surface area contributed by atoms with Gasteiger partial charge in [0.2, 0.25) is 0 Å². The number of halogens is 6. The molecule has 2 N–H and O–H groups in total. The summed E-state index contributed by atoms with van der Waals surface area (Å²) in [5.74, 6) is -1.86. The molecule has 9 heteroatoms. The molecule has 0 unspecified atom stereocenters. The molecule has 0 amide bonds. The number of hydrogen-bond donors (Lipinski definition) is 2. The summed E-state index contributed by atoms with van der Waals surface area (Å²) >= 11 is 0. The highest BCUT2D eigenvalue weighted by Gasteiger charge is 2.39. The van der Waals surface area contributed by atoms with E-state index in [1.807, 2.05) is 0 Å². The summed E-state index contributed by atoms with van der Waals surface area (Å²) in [6.45, 7) is 0. The molecule has 0 aliphatic heterocycles. The molecule has 0 atom stereocenters. The van der Waals surface area contributed by atoms with Crippen LogP contribution in [0.25, 0.3) is 0 Å². The summed E-state index contributed by atoms with van der Waals surface area (Å²) < 4.78 is 70.8. The molecule has 90 valence electrons. The molecule has 0 bridgehead atoms. The Morgan fingerprint density at radius 3 is 1.40 bits per heavy atom. The van der Waals surface area contributed by atoms with Crippen molar-refractivity contribution in [1.82, 2.24) is 0 Å². The van der Waals surface area contributed by atoms with Crippen LogP contribution in [0.4, 0.5) is 26.3 Å². The first kappa shape index (κ1) is 14.6. The van der Waals surface area contributed by atoms with Gasteiger partial charge in [-0.2, -0.15) is 26.3 Å². The van der Waals surface area contributed by atoms with Gasteiger partial charge in [0, 0.05) is 12.8 Å². The van der Waals surface area contributed by atoms with Crippen LogP contribution in [0.5, 0.6) is 0 Å². The van der Waals surface area contributed by atoms with Crippen LogP contribution in [-0.4, -0.2) is 29.5 Å². The molecule has 0 saturated carbocycles. The van der Waals surface area contributed by atoms with E-state index in [2.05, 4.69) is 0 Å². The minimum absolute atomic E-state index is 0.945. The molecule has 0 aliphatic rings. The second-order valence-electron chi connectivity index (χ2n) is 3.22. The maximum Gasteiger partial charge on any atom is 0.451 e. The molecule has 0 saturated heterocycles.